The molecule has 3 N–H and O–H groups in total. The monoisotopic (exact) mass is 695 g/mol. The minimum atomic E-state index is -4.50. The van der Waals surface area contributed by atoms with E-state index in [1.807, 2.05) is 0 Å². The SMILES string of the molecule is CCCCCCCCCCCCCCCCOCC(COP(=O)(O)OCC(O)CO)OC(=O)CCCCCCCCCCCCCC. The molecule has 282 valence electrons. The van der Waals surface area contributed by atoms with Crippen molar-refractivity contribution >= 4 is 13.8 Å². The molecule has 0 heterocycles. The lowest BCUT2D eigenvalue weighted by Gasteiger charge is -2.20. The summed E-state index contributed by atoms with van der Waals surface area (Å²) in [5, 5.41) is 18.3. The number of aliphatic hydroxyl groups excluding tert-OH is 2. The Hall–Kier alpha value is -0.540. The third kappa shape index (κ3) is 35.1. The predicted octanol–water partition coefficient (Wildman–Crippen LogP) is 9.97. The smallest absolute Gasteiger partial charge is 0.457 e. The van der Waals surface area contributed by atoms with Crippen molar-refractivity contribution in [3.8, 4) is 0 Å². The topological polar surface area (TPSA) is 132 Å². The molecule has 0 saturated heterocycles. The Morgan fingerprint density at radius 1 is 0.574 bits per heavy atom. The molecule has 10 heteroatoms. The van der Waals surface area contributed by atoms with Crippen molar-refractivity contribution in [1.29, 1.82) is 0 Å². The molecule has 0 aliphatic rings. The van der Waals surface area contributed by atoms with Gasteiger partial charge < -0.3 is 24.6 Å². The van der Waals surface area contributed by atoms with Crippen molar-refractivity contribution in [2.24, 2.45) is 0 Å². The Balaban J connectivity index is 4.18. The first-order chi connectivity index (χ1) is 22.8. The summed E-state index contributed by atoms with van der Waals surface area (Å²) in [6.45, 7) is 3.54. The van der Waals surface area contributed by atoms with Crippen LogP contribution >= 0.6 is 7.82 Å². The number of phosphoric acid groups is 1. The molecule has 0 fully saturated rings. The minimum Gasteiger partial charge on any atom is -0.457 e. The molecule has 9 nitrogen and oxygen atoms in total. The zero-order valence-corrected chi connectivity index (χ0v) is 31.4. The standard InChI is InChI=1S/C37H75O9P/c1-3-5-7-9-11-13-15-17-18-20-22-24-26-28-30-43-33-36(34-45-47(41,42)44-32-35(39)31-38)46-37(40)29-27-25-23-21-19-16-14-12-10-8-6-4-2/h35-36,38-39H,3-34H2,1-2H3,(H,41,42). The number of carbonyl (C=O) groups excluding carboxylic acids is 1. The number of hydrogen-bond donors (Lipinski definition) is 3. The number of esters is 1. The summed E-state index contributed by atoms with van der Waals surface area (Å²) < 4.78 is 33.2. The van der Waals surface area contributed by atoms with Gasteiger partial charge in [0, 0.05) is 13.0 Å². The average molecular weight is 695 g/mol. The highest BCUT2D eigenvalue weighted by Gasteiger charge is 2.26. The third-order valence-electron chi connectivity index (χ3n) is 8.54. The highest BCUT2D eigenvalue weighted by Crippen LogP contribution is 2.43. The van der Waals surface area contributed by atoms with Crippen LogP contribution in [-0.2, 0) is 27.9 Å². The van der Waals surface area contributed by atoms with Crippen LogP contribution in [0.4, 0.5) is 0 Å². The number of aliphatic hydroxyl groups is 2. The van der Waals surface area contributed by atoms with Crippen LogP contribution in [-0.4, -0.2) is 66.3 Å². The molecule has 0 amide bonds. The Bertz CT molecular complexity index is 709. The number of rotatable bonds is 38. The maximum absolute atomic E-state index is 12.5. The summed E-state index contributed by atoms with van der Waals surface area (Å²) in [7, 11) is -4.50. The number of ether oxygens (including phenoxy) is 2. The van der Waals surface area contributed by atoms with Crippen molar-refractivity contribution < 1.29 is 43.0 Å². The number of hydrogen-bond acceptors (Lipinski definition) is 8. The van der Waals surface area contributed by atoms with Crippen molar-refractivity contribution in [3.05, 3.63) is 0 Å². The van der Waals surface area contributed by atoms with Crippen molar-refractivity contribution in [2.45, 2.75) is 199 Å². The second kappa shape index (κ2) is 35.3. The molecule has 0 aliphatic heterocycles. The van der Waals surface area contributed by atoms with Crippen LogP contribution in [0.2, 0.25) is 0 Å². The molecule has 0 spiro atoms. The van der Waals surface area contributed by atoms with Crippen LogP contribution in [0, 0.1) is 0 Å². The predicted molar refractivity (Wildman–Crippen MR) is 192 cm³/mol. The molecule has 0 rings (SSSR count). The molecule has 0 aromatic carbocycles. The second-order valence-electron chi connectivity index (χ2n) is 13.3. The van der Waals surface area contributed by atoms with Crippen molar-refractivity contribution in [2.75, 3.05) is 33.0 Å². The van der Waals surface area contributed by atoms with Crippen molar-refractivity contribution in [1.82, 2.24) is 0 Å². The normalized spacial score (nSPS) is 14.2. The summed E-state index contributed by atoms with van der Waals surface area (Å²) in [5.41, 5.74) is 0. The fourth-order valence-corrected chi connectivity index (χ4v) is 6.32. The van der Waals surface area contributed by atoms with Gasteiger partial charge in [0.05, 0.1) is 26.4 Å². The Kier molecular flexibility index (Phi) is 34.9. The first-order valence-corrected chi connectivity index (χ1v) is 21.0. The van der Waals surface area contributed by atoms with Gasteiger partial charge in [-0.05, 0) is 12.8 Å². The van der Waals surface area contributed by atoms with E-state index in [1.54, 1.807) is 0 Å². The quantitative estimate of drug-likeness (QED) is 0.0328. The van der Waals surface area contributed by atoms with Gasteiger partial charge in [-0.25, -0.2) is 4.57 Å². The van der Waals surface area contributed by atoms with Gasteiger partial charge in [0.1, 0.15) is 12.2 Å². The maximum Gasteiger partial charge on any atom is 0.472 e. The lowest BCUT2D eigenvalue weighted by atomic mass is 10.0. The van der Waals surface area contributed by atoms with Gasteiger partial charge in [0.2, 0.25) is 0 Å². The highest BCUT2D eigenvalue weighted by molar-refractivity contribution is 7.47. The Morgan fingerprint density at radius 3 is 1.38 bits per heavy atom. The molecule has 47 heavy (non-hydrogen) atoms. The van der Waals surface area contributed by atoms with Crippen LogP contribution in [0.15, 0.2) is 0 Å². The van der Waals surface area contributed by atoms with E-state index in [4.69, 9.17) is 23.6 Å². The fraction of sp³-hybridized carbons (Fsp3) is 0.973. The van der Waals surface area contributed by atoms with Gasteiger partial charge in [0.25, 0.3) is 0 Å². The van der Waals surface area contributed by atoms with Crippen LogP contribution in [0.25, 0.3) is 0 Å². The maximum atomic E-state index is 12.5. The molecule has 0 radical (unpaired) electrons. The molecular weight excluding hydrogens is 619 g/mol. The van der Waals surface area contributed by atoms with Crippen LogP contribution in [0.1, 0.15) is 187 Å². The molecular formula is C37H75O9P. The van der Waals surface area contributed by atoms with Gasteiger partial charge in [-0.3, -0.25) is 13.8 Å². The fourth-order valence-electron chi connectivity index (χ4n) is 5.53. The summed E-state index contributed by atoms with van der Waals surface area (Å²) in [4.78, 5) is 22.4. The molecule has 0 saturated carbocycles. The zero-order chi connectivity index (χ0) is 34.7. The summed E-state index contributed by atoms with van der Waals surface area (Å²) in [6, 6.07) is 0. The summed E-state index contributed by atoms with van der Waals surface area (Å²) >= 11 is 0. The van der Waals surface area contributed by atoms with Gasteiger partial charge in [0.15, 0.2) is 0 Å². The van der Waals surface area contributed by atoms with Gasteiger partial charge in [-0.15, -0.1) is 0 Å². The molecule has 0 bridgehead atoms. The zero-order valence-electron chi connectivity index (χ0n) is 30.5. The van der Waals surface area contributed by atoms with Gasteiger partial charge in [-0.2, -0.15) is 0 Å². The van der Waals surface area contributed by atoms with Crippen LogP contribution in [0.3, 0.4) is 0 Å². The van der Waals surface area contributed by atoms with Crippen LogP contribution < -0.4 is 0 Å². The van der Waals surface area contributed by atoms with E-state index < -0.39 is 33.2 Å². The second-order valence-corrected chi connectivity index (χ2v) is 14.8. The largest absolute Gasteiger partial charge is 0.472 e. The minimum absolute atomic E-state index is 0.0574. The molecule has 0 aliphatic carbocycles. The van der Waals surface area contributed by atoms with Gasteiger partial charge >= 0.3 is 13.8 Å². The molecule has 3 unspecified atom stereocenters. The third-order valence-corrected chi connectivity index (χ3v) is 9.49. The van der Waals surface area contributed by atoms with Crippen molar-refractivity contribution in [3.63, 3.8) is 0 Å². The summed E-state index contributed by atoms with van der Waals surface area (Å²) in [6.07, 6.45) is 30.5. The summed E-state index contributed by atoms with van der Waals surface area (Å²) in [5.74, 6) is -0.379. The van der Waals surface area contributed by atoms with E-state index in [-0.39, 0.29) is 25.6 Å². The lowest BCUT2D eigenvalue weighted by molar-refractivity contribution is -0.154. The number of carbonyl (C=O) groups is 1. The first-order valence-electron chi connectivity index (χ1n) is 19.5. The van der Waals surface area contributed by atoms with E-state index >= 15 is 0 Å². The number of unbranched alkanes of at least 4 members (excludes halogenated alkanes) is 24. The van der Waals surface area contributed by atoms with Crippen LogP contribution in [0.5, 0.6) is 0 Å². The lowest BCUT2D eigenvalue weighted by Crippen LogP contribution is -2.29. The Labute approximate surface area is 288 Å². The van der Waals surface area contributed by atoms with E-state index in [1.165, 1.54) is 135 Å². The van der Waals surface area contributed by atoms with E-state index in [0.717, 1.165) is 32.1 Å². The first kappa shape index (κ1) is 46.5. The average Bonchev–Trinajstić information content (AvgIpc) is 3.06. The van der Waals surface area contributed by atoms with E-state index in [0.29, 0.717) is 6.61 Å². The van der Waals surface area contributed by atoms with Gasteiger partial charge in [-0.1, -0.05) is 168 Å². The van der Waals surface area contributed by atoms with E-state index in [9.17, 15) is 19.4 Å². The molecule has 0 aromatic rings. The number of phosphoric ester groups is 1. The van der Waals surface area contributed by atoms with E-state index in [2.05, 4.69) is 13.8 Å². The molecule has 3 atom stereocenters. The molecule has 0 aromatic heterocycles. The Morgan fingerprint density at radius 2 is 0.957 bits per heavy atom. The highest BCUT2D eigenvalue weighted by atomic mass is 31.2.